The normalized spacial score (nSPS) is 42.7. The Morgan fingerprint density at radius 1 is 1.39 bits per heavy atom. The van der Waals surface area contributed by atoms with Gasteiger partial charge in [0.2, 0.25) is 5.91 Å². The van der Waals surface area contributed by atoms with Crippen molar-refractivity contribution in [3.8, 4) is 6.07 Å². The van der Waals surface area contributed by atoms with E-state index in [0.717, 1.165) is 25.7 Å². The molecular weight excluding hydrogens is 297 g/mol. The first kappa shape index (κ1) is 16.7. The molecule has 0 aromatic rings. The van der Waals surface area contributed by atoms with Crippen LogP contribution in [0.3, 0.4) is 0 Å². The number of nitriles is 1. The van der Waals surface area contributed by atoms with Crippen LogP contribution in [0.25, 0.3) is 0 Å². The topological polar surface area (TPSA) is 65.4 Å². The van der Waals surface area contributed by atoms with E-state index in [0.29, 0.717) is 17.9 Å². The highest BCUT2D eigenvalue weighted by atomic mass is 19.1. The summed E-state index contributed by atoms with van der Waals surface area (Å²) >= 11 is 0. The van der Waals surface area contributed by atoms with Gasteiger partial charge in [0.1, 0.15) is 12.2 Å². The highest BCUT2D eigenvalue weighted by Crippen LogP contribution is 2.49. The molecule has 2 saturated carbocycles. The SMILES string of the molecule is CO[C@@H]1C[C@@H]2CC(C)(NCC(=O)N3C[C@@H](F)C[C@H]3C#N)C[C@@H]2C1. The van der Waals surface area contributed by atoms with E-state index in [2.05, 4.69) is 12.2 Å². The Balaban J connectivity index is 1.51. The van der Waals surface area contributed by atoms with Crippen LogP contribution in [0.1, 0.15) is 39.0 Å². The second-order valence-electron chi connectivity index (χ2n) is 7.70. The Bertz CT molecular complexity index is 493. The summed E-state index contributed by atoms with van der Waals surface area (Å²) in [6.45, 7) is 2.41. The second-order valence-corrected chi connectivity index (χ2v) is 7.70. The van der Waals surface area contributed by atoms with Crippen molar-refractivity contribution in [1.82, 2.24) is 10.2 Å². The van der Waals surface area contributed by atoms with E-state index in [1.165, 1.54) is 4.90 Å². The fourth-order valence-electron chi connectivity index (χ4n) is 4.81. The maximum Gasteiger partial charge on any atom is 0.237 e. The van der Waals surface area contributed by atoms with Crippen LogP contribution >= 0.6 is 0 Å². The average molecular weight is 323 g/mol. The Morgan fingerprint density at radius 2 is 2.04 bits per heavy atom. The van der Waals surface area contributed by atoms with Gasteiger partial charge in [0.15, 0.2) is 0 Å². The largest absolute Gasteiger partial charge is 0.381 e. The number of amides is 1. The molecule has 1 N–H and O–H groups in total. The highest BCUT2D eigenvalue weighted by molar-refractivity contribution is 5.79. The van der Waals surface area contributed by atoms with E-state index < -0.39 is 12.2 Å². The first-order valence-electron chi connectivity index (χ1n) is 8.55. The van der Waals surface area contributed by atoms with Crippen LogP contribution in [0.15, 0.2) is 0 Å². The van der Waals surface area contributed by atoms with Crippen LogP contribution in [-0.4, -0.2) is 54.9 Å². The van der Waals surface area contributed by atoms with Crippen LogP contribution in [0.5, 0.6) is 0 Å². The molecule has 6 heteroatoms. The predicted molar refractivity (Wildman–Crippen MR) is 83.3 cm³/mol. The molecule has 23 heavy (non-hydrogen) atoms. The van der Waals surface area contributed by atoms with Crippen molar-refractivity contribution in [2.24, 2.45) is 11.8 Å². The lowest BCUT2D eigenvalue weighted by atomic mass is 9.95. The molecular formula is C17H26FN3O2. The summed E-state index contributed by atoms with van der Waals surface area (Å²) in [5, 5.41) is 12.4. The summed E-state index contributed by atoms with van der Waals surface area (Å²) < 4.78 is 18.9. The van der Waals surface area contributed by atoms with Gasteiger partial charge in [-0.1, -0.05) is 0 Å². The standard InChI is InChI=1S/C17H26FN3O2/c1-17(6-11-3-15(23-2)4-12(11)7-17)20-9-16(22)21-10-13(18)5-14(21)8-19/h11-15,20H,3-7,9-10H2,1-2H3/t11-,12+,13-,14-,15-,17?/m0/s1. The summed E-state index contributed by atoms with van der Waals surface area (Å²) in [5.74, 6) is 1.17. The number of halogens is 1. The maximum atomic E-state index is 13.4. The van der Waals surface area contributed by atoms with Crippen molar-refractivity contribution in [3.05, 3.63) is 0 Å². The number of carbonyl (C=O) groups is 1. The summed E-state index contributed by atoms with van der Waals surface area (Å²) in [4.78, 5) is 13.7. The number of carbonyl (C=O) groups excluding carboxylic acids is 1. The lowest BCUT2D eigenvalue weighted by Crippen LogP contribution is -2.48. The minimum atomic E-state index is -1.07. The molecule has 3 fully saturated rings. The minimum absolute atomic E-state index is 0.0410. The van der Waals surface area contributed by atoms with E-state index in [4.69, 9.17) is 10.00 Å². The predicted octanol–water partition coefficient (Wildman–Crippen LogP) is 1.63. The summed E-state index contributed by atoms with van der Waals surface area (Å²) in [7, 11) is 1.78. The number of fused-ring (bicyclic) bond motifs is 1. The Kier molecular flexibility index (Phi) is 4.61. The Hall–Kier alpha value is -1.19. The lowest BCUT2D eigenvalue weighted by molar-refractivity contribution is -0.130. The van der Waals surface area contributed by atoms with Crippen LogP contribution < -0.4 is 5.32 Å². The first-order valence-corrected chi connectivity index (χ1v) is 8.55. The van der Waals surface area contributed by atoms with E-state index in [1.54, 1.807) is 7.11 Å². The van der Waals surface area contributed by atoms with Gasteiger partial charge in [-0.05, 0) is 44.4 Å². The van der Waals surface area contributed by atoms with E-state index in [1.807, 2.05) is 6.07 Å². The van der Waals surface area contributed by atoms with Gasteiger partial charge in [0, 0.05) is 19.1 Å². The van der Waals surface area contributed by atoms with Gasteiger partial charge < -0.3 is 15.0 Å². The third-order valence-electron chi connectivity index (χ3n) is 5.94. The van der Waals surface area contributed by atoms with Gasteiger partial charge in [-0.2, -0.15) is 5.26 Å². The summed E-state index contributed by atoms with van der Waals surface area (Å²) in [5.41, 5.74) is -0.0410. The number of nitrogens with one attached hydrogen (secondary N) is 1. The molecule has 3 aliphatic rings. The number of hydrogen-bond donors (Lipinski definition) is 1. The molecule has 0 radical (unpaired) electrons. The van der Waals surface area contributed by atoms with Crippen molar-refractivity contribution in [2.75, 3.05) is 20.2 Å². The Morgan fingerprint density at radius 3 is 2.61 bits per heavy atom. The molecule has 5 nitrogen and oxygen atoms in total. The molecule has 1 aliphatic heterocycles. The number of nitrogens with zero attached hydrogens (tertiary/aromatic N) is 2. The third kappa shape index (κ3) is 3.36. The number of methoxy groups -OCH3 is 1. The van der Waals surface area contributed by atoms with Gasteiger partial charge in [-0.25, -0.2) is 4.39 Å². The van der Waals surface area contributed by atoms with Gasteiger partial charge >= 0.3 is 0 Å². The first-order chi connectivity index (χ1) is 10.9. The molecule has 3 rings (SSSR count). The zero-order valence-corrected chi connectivity index (χ0v) is 13.9. The third-order valence-corrected chi connectivity index (χ3v) is 5.94. The smallest absolute Gasteiger partial charge is 0.237 e. The minimum Gasteiger partial charge on any atom is -0.381 e. The zero-order chi connectivity index (χ0) is 16.6. The van der Waals surface area contributed by atoms with E-state index in [-0.39, 0.29) is 31.0 Å². The average Bonchev–Trinajstić information content (AvgIpc) is 3.15. The van der Waals surface area contributed by atoms with Crippen molar-refractivity contribution >= 4 is 5.91 Å². The van der Waals surface area contributed by atoms with Gasteiger partial charge in [-0.3, -0.25) is 4.79 Å². The number of ether oxygens (including phenoxy) is 1. The van der Waals surface area contributed by atoms with Gasteiger partial charge in [0.05, 0.1) is 25.3 Å². The fourth-order valence-corrected chi connectivity index (χ4v) is 4.81. The molecule has 1 amide bonds. The monoisotopic (exact) mass is 323 g/mol. The summed E-state index contributed by atoms with van der Waals surface area (Å²) in [6, 6.07) is 1.42. The second kappa shape index (κ2) is 6.37. The highest BCUT2D eigenvalue weighted by Gasteiger charge is 2.47. The molecule has 0 spiro atoms. The molecule has 0 aromatic heterocycles. The van der Waals surface area contributed by atoms with Crippen molar-refractivity contribution in [3.63, 3.8) is 0 Å². The summed E-state index contributed by atoms with van der Waals surface area (Å²) in [6.07, 6.45) is 3.78. The number of likely N-dealkylation sites (tertiary alicyclic amines) is 1. The Labute approximate surface area is 137 Å². The van der Waals surface area contributed by atoms with E-state index >= 15 is 0 Å². The van der Waals surface area contributed by atoms with Crippen LogP contribution in [0, 0.1) is 23.2 Å². The number of rotatable bonds is 4. The van der Waals surface area contributed by atoms with E-state index in [9.17, 15) is 9.18 Å². The molecule has 6 atom stereocenters. The molecule has 2 aliphatic carbocycles. The van der Waals surface area contributed by atoms with Crippen molar-refractivity contribution < 1.29 is 13.9 Å². The van der Waals surface area contributed by atoms with Crippen LogP contribution in [0.2, 0.25) is 0 Å². The fraction of sp³-hybridized carbons (Fsp3) is 0.882. The van der Waals surface area contributed by atoms with Crippen LogP contribution in [0.4, 0.5) is 4.39 Å². The molecule has 1 saturated heterocycles. The zero-order valence-electron chi connectivity index (χ0n) is 13.9. The number of alkyl halides is 1. The maximum absolute atomic E-state index is 13.4. The van der Waals surface area contributed by atoms with Crippen LogP contribution in [-0.2, 0) is 9.53 Å². The van der Waals surface area contributed by atoms with Crippen molar-refractivity contribution in [1.29, 1.82) is 5.26 Å². The molecule has 0 aromatic carbocycles. The quantitative estimate of drug-likeness (QED) is 0.854. The van der Waals surface area contributed by atoms with Crippen molar-refractivity contribution in [2.45, 2.75) is 62.9 Å². The molecule has 1 unspecified atom stereocenters. The van der Waals surface area contributed by atoms with Gasteiger partial charge in [0.25, 0.3) is 0 Å². The molecule has 1 heterocycles. The molecule has 0 bridgehead atoms. The lowest BCUT2D eigenvalue weighted by Gasteiger charge is -2.29. The van der Waals surface area contributed by atoms with Gasteiger partial charge in [-0.15, -0.1) is 0 Å². The molecule has 128 valence electrons. The number of hydrogen-bond acceptors (Lipinski definition) is 4.